The zero-order chi connectivity index (χ0) is 20.6. The van der Waals surface area contributed by atoms with Gasteiger partial charge in [0.1, 0.15) is 11.5 Å². The van der Waals surface area contributed by atoms with Crippen LogP contribution in [-0.2, 0) is 20.9 Å². The second kappa shape index (κ2) is 7.28. The van der Waals surface area contributed by atoms with Crippen molar-refractivity contribution in [3.05, 3.63) is 65.2 Å². The fraction of sp³-hybridized carbons (Fsp3) is 0.304. The van der Waals surface area contributed by atoms with Crippen molar-refractivity contribution in [2.24, 2.45) is 5.41 Å². The van der Waals surface area contributed by atoms with Crippen molar-refractivity contribution in [3.63, 3.8) is 0 Å². The molecule has 2 aliphatic rings. The minimum atomic E-state index is -0.766. The Morgan fingerprint density at radius 2 is 1.76 bits per heavy atom. The maximum Gasteiger partial charge on any atom is 0.336 e. The Kier molecular flexibility index (Phi) is 4.78. The molecule has 1 amide bonds. The fourth-order valence-corrected chi connectivity index (χ4v) is 4.01. The van der Waals surface area contributed by atoms with Crippen LogP contribution in [0.4, 0.5) is 0 Å². The first-order chi connectivity index (χ1) is 14.1. The molecule has 1 aliphatic carbocycles. The van der Waals surface area contributed by atoms with Gasteiger partial charge >= 0.3 is 5.97 Å². The van der Waals surface area contributed by atoms with E-state index >= 15 is 0 Å². The first-order valence-electron chi connectivity index (χ1n) is 9.47. The van der Waals surface area contributed by atoms with E-state index in [1.807, 2.05) is 42.5 Å². The van der Waals surface area contributed by atoms with Crippen LogP contribution < -0.4 is 9.47 Å². The molecule has 1 aliphatic heterocycles. The van der Waals surface area contributed by atoms with Crippen molar-refractivity contribution in [3.8, 4) is 11.5 Å². The number of hydrogen-bond acceptors (Lipinski definition) is 5. The van der Waals surface area contributed by atoms with Gasteiger partial charge in [-0.25, -0.2) is 4.79 Å². The van der Waals surface area contributed by atoms with Crippen molar-refractivity contribution in [2.75, 3.05) is 21.3 Å². The van der Waals surface area contributed by atoms with Gasteiger partial charge in [-0.05, 0) is 30.5 Å². The van der Waals surface area contributed by atoms with Crippen molar-refractivity contribution in [2.45, 2.75) is 19.4 Å². The van der Waals surface area contributed by atoms with Gasteiger partial charge < -0.3 is 19.1 Å². The Balaban J connectivity index is 1.83. The molecule has 1 fully saturated rings. The first kappa shape index (κ1) is 19.1. The molecule has 1 heterocycles. The lowest BCUT2D eigenvalue weighted by atomic mass is 9.95. The summed E-state index contributed by atoms with van der Waals surface area (Å²) in [5.41, 5.74) is 1.97. The van der Waals surface area contributed by atoms with Gasteiger partial charge in [0.2, 0.25) is 5.91 Å². The van der Waals surface area contributed by atoms with Gasteiger partial charge in [0, 0.05) is 11.6 Å². The molecule has 6 heteroatoms. The highest BCUT2D eigenvalue weighted by atomic mass is 16.5. The van der Waals surface area contributed by atoms with Crippen molar-refractivity contribution >= 4 is 17.6 Å². The molecule has 2 aromatic carbocycles. The van der Waals surface area contributed by atoms with Crippen LogP contribution >= 0.6 is 0 Å². The van der Waals surface area contributed by atoms with Gasteiger partial charge in [-0.1, -0.05) is 30.3 Å². The summed E-state index contributed by atoms with van der Waals surface area (Å²) < 4.78 is 15.8. The van der Waals surface area contributed by atoms with Crippen LogP contribution in [-0.4, -0.2) is 38.1 Å². The van der Waals surface area contributed by atoms with Crippen LogP contribution in [0, 0.1) is 5.41 Å². The smallest absolute Gasteiger partial charge is 0.336 e. The van der Waals surface area contributed by atoms with Gasteiger partial charge in [0.05, 0.1) is 44.6 Å². The van der Waals surface area contributed by atoms with Crippen LogP contribution in [0.3, 0.4) is 0 Å². The third kappa shape index (κ3) is 3.05. The molecular weight excluding hydrogens is 370 g/mol. The van der Waals surface area contributed by atoms with E-state index in [-0.39, 0.29) is 5.91 Å². The monoisotopic (exact) mass is 393 g/mol. The minimum absolute atomic E-state index is 0.0605. The number of esters is 1. The van der Waals surface area contributed by atoms with Crippen LogP contribution in [0.2, 0.25) is 0 Å². The zero-order valence-electron chi connectivity index (χ0n) is 16.7. The van der Waals surface area contributed by atoms with Gasteiger partial charge in [-0.2, -0.15) is 0 Å². The largest absolute Gasteiger partial charge is 0.497 e. The Morgan fingerprint density at radius 3 is 2.34 bits per heavy atom. The summed E-state index contributed by atoms with van der Waals surface area (Å²) in [6.07, 6.45) is 1.31. The number of ether oxygens (including phenoxy) is 3. The number of hydrogen-bond donors (Lipinski definition) is 0. The van der Waals surface area contributed by atoms with Crippen LogP contribution in [0.5, 0.6) is 11.5 Å². The van der Waals surface area contributed by atoms with E-state index in [4.69, 9.17) is 14.2 Å². The lowest BCUT2D eigenvalue weighted by Gasteiger charge is -2.23. The molecule has 150 valence electrons. The van der Waals surface area contributed by atoms with Crippen molar-refractivity contribution in [1.29, 1.82) is 0 Å². The van der Waals surface area contributed by atoms with Gasteiger partial charge in [0.25, 0.3) is 0 Å². The van der Waals surface area contributed by atoms with E-state index in [9.17, 15) is 9.59 Å². The first-order valence-corrected chi connectivity index (χ1v) is 9.47. The highest BCUT2D eigenvalue weighted by Gasteiger charge is 2.63. The quantitative estimate of drug-likeness (QED) is 0.704. The van der Waals surface area contributed by atoms with Crippen LogP contribution in [0.15, 0.2) is 54.1 Å². The molecule has 0 radical (unpaired) electrons. The third-order valence-corrected chi connectivity index (χ3v) is 5.65. The number of benzene rings is 2. The average molecular weight is 393 g/mol. The number of carbonyl (C=O) groups is 2. The van der Waals surface area contributed by atoms with Crippen molar-refractivity contribution < 1.29 is 23.8 Å². The highest BCUT2D eigenvalue weighted by Crippen LogP contribution is 2.60. The number of amides is 1. The Hall–Kier alpha value is -3.28. The van der Waals surface area contributed by atoms with Gasteiger partial charge in [-0.15, -0.1) is 0 Å². The lowest BCUT2D eigenvalue weighted by Crippen LogP contribution is -2.29. The fourth-order valence-electron chi connectivity index (χ4n) is 4.01. The third-order valence-electron chi connectivity index (χ3n) is 5.65. The molecule has 0 atom stereocenters. The molecule has 0 bridgehead atoms. The average Bonchev–Trinajstić information content (AvgIpc) is 3.53. The number of carbonyl (C=O) groups excluding carboxylic acids is 2. The molecule has 1 saturated carbocycles. The van der Waals surface area contributed by atoms with Gasteiger partial charge in [-0.3, -0.25) is 4.79 Å². The van der Waals surface area contributed by atoms with Gasteiger partial charge in [0.15, 0.2) is 0 Å². The van der Waals surface area contributed by atoms with E-state index < -0.39 is 11.4 Å². The van der Waals surface area contributed by atoms with E-state index in [1.165, 1.54) is 7.11 Å². The standard InChI is InChI=1S/C23H23NO5/c1-27-17-10-9-16(18(13-17)28-2)14-24-20(15-7-5-4-6-8-15)19(21(25)29-3)23(11-12-23)22(24)26/h4-10,13H,11-12,14H2,1-3H3. The summed E-state index contributed by atoms with van der Waals surface area (Å²) >= 11 is 0. The second-order valence-electron chi connectivity index (χ2n) is 7.23. The maximum atomic E-state index is 13.4. The predicted molar refractivity (Wildman–Crippen MR) is 107 cm³/mol. The number of rotatable bonds is 6. The zero-order valence-corrected chi connectivity index (χ0v) is 16.7. The van der Waals surface area contributed by atoms with E-state index in [0.29, 0.717) is 42.2 Å². The molecule has 1 spiro atoms. The molecular formula is C23H23NO5. The minimum Gasteiger partial charge on any atom is -0.497 e. The summed E-state index contributed by atoms with van der Waals surface area (Å²) in [7, 11) is 4.53. The summed E-state index contributed by atoms with van der Waals surface area (Å²) in [5.74, 6) is 0.792. The second-order valence-corrected chi connectivity index (χ2v) is 7.23. The van der Waals surface area contributed by atoms with E-state index in [0.717, 1.165) is 11.1 Å². The topological polar surface area (TPSA) is 65.1 Å². The van der Waals surface area contributed by atoms with E-state index in [1.54, 1.807) is 25.2 Å². The summed E-state index contributed by atoms with van der Waals surface area (Å²) in [6.45, 7) is 0.290. The molecule has 4 rings (SSSR count). The van der Waals surface area contributed by atoms with Crippen LogP contribution in [0.1, 0.15) is 24.0 Å². The highest BCUT2D eigenvalue weighted by molar-refractivity contribution is 6.14. The molecule has 2 aromatic rings. The molecule has 0 aromatic heterocycles. The van der Waals surface area contributed by atoms with Crippen LogP contribution in [0.25, 0.3) is 5.70 Å². The molecule has 0 saturated heterocycles. The summed E-state index contributed by atoms with van der Waals surface area (Å²) in [5, 5.41) is 0. The maximum absolute atomic E-state index is 13.4. The lowest BCUT2D eigenvalue weighted by molar-refractivity contribution is -0.139. The number of methoxy groups -OCH3 is 3. The molecule has 0 unspecified atom stereocenters. The van der Waals surface area contributed by atoms with Crippen molar-refractivity contribution in [1.82, 2.24) is 4.90 Å². The predicted octanol–water partition coefficient (Wildman–Crippen LogP) is 3.41. The Bertz CT molecular complexity index is 992. The Morgan fingerprint density at radius 1 is 1.03 bits per heavy atom. The summed E-state index contributed by atoms with van der Waals surface area (Å²) in [4.78, 5) is 27.8. The molecule has 6 nitrogen and oxygen atoms in total. The van der Waals surface area contributed by atoms with E-state index in [2.05, 4.69) is 0 Å². The number of nitrogens with zero attached hydrogens (tertiary/aromatic N) is 1. The molecule has 0 N–H and O–H groups in total. The normalized spacial score (nSPS) is 16.9. The molecule has 29 heavy (non-hydrogen) atoms. The SMILES string of the molecule is COC(=O)C1=C(c2ccccc2)N(Cc2ccc(OC)cc2OC)C(=O)C12CC2. The Labute approximate surface area is 169 Å². The summed E-state index contributed by atoms with van der Waals surface area (Å²) in [6, 6.07) is 15.0.